The van der Waals surface area contributed by atoms with E-state index in [2.05, 4.69) is 5.10 Å². The normalized spacial score (nSPS) is 18.9. The quantitative estimate of drug-likeness (QED) is 0.718. The molecular weight excluding hydrogens is 400 g/mol. The van der Waals surface area contributed by atoms with Crippen molar-refractivity contribution in [2.24, 2.45) is 11.0 Å². The number of likely N-dealkylation sites (N-methyl/N-ethyl adjacent to an activating group) is 1. The van der Waals surface area contributed by atoms with Gasteiger partial charge in [0.25, 0.3) is 5.91 Å². The molecule has 0 saturated heterocycles. The number of hydrogen-bond acceptors (Lipinski definition) is 3. The Morgan fingerprint density at radius 2 is 1.74 bits per heavy atom. The standard InChI is InChI=1S/C24H25F2N3O2/c1-28(24(31)17-6-2-3-7-17)15-23(30)29-22(19-8-4-5-9-20(19)26)14-21(27-29)16-10-12-18(25)13-11-16/h4-5,8-13,17,22H,2-3,6-7,14-15H2,1H3/t22-/m0/s1. The number of hydrogen-bond donors (Lipinski definition) is 0. The van der Waals surface area contributed by atoms with Crippen LogP contribution in [-0.2, 0) is 9.59 Å². The second-order valence-electron chi connectivity index (χ2n) is 8.21. The highest BCUT2D eigenvalue weighted by atomic mass is 19.1. The van der Waals surface area contributed by atoms with E-state index in [4.69, 9.17) is 0 Å². The molecule has 1 aliphatic carbocycles. The van der Waals surface area contributed by atoms with Crippen LogP contribution in [0.3, 0.4) is 0 Å². The summed E-state index contributed by atoms with van der Waals surface area (Å²) in [5.74, 6) is -1.23. The highest BCUT2D eigenvalue weighted by Crippen LogP contribution is 2.34. The summed E-state index contributed by atoms with van der Waals surface area (Å²) in [6.07, 6.45) is 4.08. The summed E-state index contributed by atoms with van der Waals surface area (Å²) in [6.45, 7) is -0.125. The fourth-order valence-corrected chi connectivity index (χ4v) is 4.38. The van der Waals surface area contributed by atoms with Crippen LogP contribution in [0.2, 0.25) is 0 Å². The van der Waals surface area contributed by atoms with Gasteiger partial charge in [-0.05, 0) is 36.6 Å². The summed E-state index contributed by atoms with van der Waals surface area (Å²) in [6, 6.07) is 11.5. The summed E-state index contributed by atoms with van der Waals surface area (Å²) in [7, 11) is 1.62. The number of benzene rings is 2. The van der Waals surface area contributed by atoms with E-state index < -0.39 is 11.9 Å². The fourth-order valence-electron chi connectivity index (χ4n) is 4.38. The molecule has 1 saturated carbocycles. The first-order chi connectivity index (χ1) is 14.9. The minimum atomic E-state index is -0.622. The van der Waals surface area contributed by atoms with Crippen molar-refractivity contribution in [1.29, 1.82) is 0 Å². The second-order valence-corrected chi connectivity index (χ2v) is 8.21. The zero-order chi connectivity index (χ0) is 22.0. The molecule has 0 bridgehead atoms. The Morgan fingerprint density at radius 1 is 1.06 bits per heavy atom. The van der Waals surface area contributed by atoms with E-state index in [0.717, 1.165) is 25.7 Å². The maximum Gasteiger partial charge on any atom is 0.262 e. The fraction of sp³-hybridized carbons (Fsp3) is 0.375. The van der Waals surface area contributed by atoms with Crippen molar-refractivity contribution in [1.82, 2.24) is 9.91 Å². The third-order valence-electron chi connectivity index (χ3n) is 6.06. The van der Waals surface area contributed by atoms with Gasteiger partial charge in [-0.25, -0.2) is 13.8 Å². The van der Waals surface area contributed by atoms with Gasteiger partial charge in [-0.15, -0.1) is 0 Å². The van der Waals surface area contributed by atoms with E-state index in [0.29, 0.717) is 23.3 Å². The van der Waals surface area contributed by atoms with Crippen molar-refractivity contribution in [3.05, 3.63) is 71.3 Å². The van der Waals surface area contributed by atoms with Crippen molar-refractivity contribution in [3.8, 4) is 0 Å². The Hall–Kier alpha value is -3.09. The van der Waals surface area contributed by atoms with Gasteiger partial charge < -0.3 is 4.90 Å². The highest BCUT2D eigenvalue weighted by Gasteiger charge is 2.36. The van der Waals surface area contributed by atoms with Crippen LogP contribution in [0.25, 0.3) is 0 Å². The Bertz CT molecular complexity index is 1000. The van der Waals surface area contributed by atoms with Crippen molar-refractivity contribution in [2.75, 3.05) is 13.6 Å². The highest BCUT2D eigenvalue weighted by molar-refractivity contribution is 6.03. The summed E-state index contributed by atoms with van der Waals surface area (Å²) >= 11 is 0. The second kappa shape index (κ2) is 8.96. The zero-order valence-corrected chi connectivity index (χ0v) is 17.4. The van der Waals surface area contributed by atoms with E-state index in [1.807, 2.05) is 0 Å². The smallest absolute Gasteiger partial charge is 0.262 e. The van der Waals surface area contributed by atoms with Gasteiger partial charge in [-0.2, -0.15) is 5.10 Å². The lowest BCUT2D eigenvalue weighted by Crippen LogP contribution is -2.41. The van der Waals surface area contributed by atoms with Crippen LogP contribution in [0.5, 0.6) is 0 Å². The Kier molecular flexibility index (Phi) is 6.11. The van der Waals surface area contributed by atoms with Crippen LogP contribution in [0.4, 0.5) is 8.78 Å². The van der Waals surface area contributed by atoms with Gasteiger partial charge in [0.15, 0.2) is 0 Å². The van der Waals surface area contributed by atoms with Crippen LogP contribution >= 0.6 is 0 Å². The average molecular weight is 425 g/mol. The summed E-state index contributed by atoms with van der Waals surface area (Å²) in [5.41, 5.74) is 1.61. The van der Waals surface area contributed by atoms with E-state index in [1.165, 1.54) is 28.1 Å². The Labute approximate surface area is 180 Å². The molecule has 2 aromatic rings. The predicted octanol–water partition coefficient (Wildman–Crippen LogP) is 4.29. The lowest BCUT2D eigenvalue weighted by atomic mass is 9.98. The summed E-state index contributed by atoms with van der Waals surface area (Å²) in [5, 5.41) is 5.74. The SMILES string of the molecule is CN(CC(=O)N1N=C(c2ccc(F)cc2)C[C@H]1c1ccccc1F)C(=O)C1CCCC1. The van der Waals surface area contributed by atoms with Crippen molar-refractivity contribution >= 4 is 17.5 Å². The molecule has 7 heteroatoms. The predicted molar refractivity (Wildman–Crippen MR) is 113 cm³/mol. The molecule has 1 aliphatic heterocycles. The van der Waals surface area contributed by atoms with Gasteiger partial charge in [0.2, 0.25) is 5.91 Å². The number of amides is 2. The number of hydrazone groups is 1. The van der Waals surface area contributed by atoms with E-state index in [9.17, 15) is 18.4 Å². The first-order valence-corrected chi connectivity index (χ1v) is 10.6. The first kappa shape index (κ1) is 21.2. The molecule has 2 aromatic carbocycles. The van der Waals surface area contributed by atoms with Crippen LogP contribution in [0.15, 0.2) is 53.6 Å². The molecule has 0 aromatic heterocycles. The Morgan fingerprint density at radius 3 is 2.42 bits per heavy atom. The van der Waals surface area contributed by atoms with Gasteiger partial charge >= 0.3 is 0 Å². The number of nitrogens with zero attached hydrogens (tertiary/aromatic N) is 3. The largest absolute Gasteiger partial charge is 0.336 e. The molecule has 0 spiro atoms. The molecule has 0 unspecified atom stereocenters. The first-order valence-electron chi connectivity index (χ1n) is 10.6. The van der Waals surface area contributed by atoms with Gasteiger partial charge in [0.1, 0.15) is 18.2 Å². The molecule has 2 aliphatic rings. The maximum absolute atomic E-state index is 14.6. The summed E-state index contributed by atoms with van der Waals surface area (Å²) < 4.78 is 27.9. The number of rotatable bonds is 5. The molecule has 5 nitrogen and oxygen atoms in total. The molecule has 31 heavy (non-hydrogen) atoms. The van der Waals surface area contributed by atoms with Gasteiger partial charge in [-0.3, -0.25) is 9.59 Å². The van der Waals surface area contributed by atoms with Crippen molar-refractivity contribution in [3.63, 3.8) is 0 Å². The Balaban J connectivity index is 1.58. The van der Waals surface area contributed by atoms with Crippen LogP contribution in [0, 0.1) is 17.6 Å². The number of carbonyl (C=O) groups is 2. The third-order valence-corrected chi connectivity index (χ3v) is 6.06. The molecular formula is C24H25F2N3O2. The van der Waals surface area contributed by atoms with Crippen molar-refractivity contribution < 1.29 is 18.4 Å². The zero-order valence-electron chi connectivity index (χ0n) is 17.4. The van der Waals surface area contributed by atoms with Gasteiger partial charge in [-0.1, -0.05) is 43.2 Å². The topological polar surface area (TPSA) is 53.0 Å². The van der Waals surface area contributed by atoms with Crippen LogP contribution in [-0.4, -0.2) is 41.0 Å². The van der Waals surface area contributed by atoms with Crippen LogP contribution < -0.4 is 0 Å². The number of halogens is 2. The molecule has 0 N–H and O–H groups in total. The minimum Gasteiger partial charge on any atom is -0.336 e. The molecule has 162 valence electrons. The number of carbonyl (C=O) groups excluding carboxylic acids is 2. The minimum absolute atomic E-state index is 0.0305. The van der Waals surface area contributed by atoms with E-state index in [1.54, 1.807) is 37.4 Å². The lowest BCUT2D eigenvalue weighted by molar-refractivity contribution is -0.142. The molecule has 2 amide bonds. The molecule has 1 atom stereocenters. The van der Waals surface area contributed by atoms with Gasteiger partial charge in [0, 0.05) is 24.9 Å². The molecule has 1 fully saturated rings. The van der Waals surface area contributed by atoms with Gasteiger partial charge in [0.05, 0.1) is 11.8 Å². The monoisotopic (exact) mass is 425 g/mol. The molecule has 4 rings (SSSR count). The van der Waals surface area contributed by atoms with E-state index in [-0.39, 0.29) is 30.1 Å². The van der Waals surface area contributed by atoms with Crippen molar-refractivity contribution in [2.45, 2.75) is 38.1 Å². The maximum atomic E-state index is 14.6. The molecule has 0 radical (unpaired) electrons. The molecule has 1 heterocycles. The van der Waals surface area contributed by atoms with E-state index >= 15 is 0 Å². The average Bonchev–Trinajstić information content (AvgIpc) is 3.44. The third kappa shape index (κ3) is 4.50. The lowest BCUT2D eigenvalue weighted by Gasteiger charge is -2.26. The van der Waals surface area contributed by atoms with Crippen LogP contribution in [0.1, 0.15) is 49.3 Å². The summed E-state index contributed by atoms with van der Waals surface area (Å²) in [4.78, 5) is 27.2.